The van der Waals surface area contributed by atoms with Gasteiger partial charge in [-0.2, -0.15) is 0 Å². The van der Waals surface area contributed by atoms with Gasteiger partial charge in [-0.25, -0.2) is 4.98 Å². The molecule has 0 aliphatic heterocycles. The van der Waals surface area contributed by atoms with Crippen LogP contribution >= 0.6 is 0 Å². The highest BCUT2D eigenvalue weighted by molar-refractivity contribution is 5.79. The molecule has 0 aliphatic carbocycles. The van der Waals surface area contributed by atoms with Crippen molar-refractivity contribution in [3.63, 3.8) is 0 Å². The third-order valence-corrected chi connectivity index (χ3v) is 3.91. The molecule has 146 valence electrons. The summed E-state index contributed by atoms with van der Waals surface area (Å²) in [6.07, 6.45) is 2.61. The van der Waals surface area contributed by atoms with Crippen LogP contribution in [0.25, 0.3) is 0 Å². The fourth-order valence-electron chi connectivity index (χ4n) is 2.43. The summed E-state index contributed by atoms with van der Waals surface area (Å²) in [5, 5.41) is 6.60. The van der Waals surface area contributed by atoms with Gasteiger partial charge in [-0.15, -0.1) is 0 Å². The Labute approximate surface area is 160 Å². The zero-order valence-electron chi connectivity index (χ0n) is 16.2. The molecule has 1 aromatic carbocycles. The van der Waals surface area contributed by atoms with E-state index in [1.807, 2.05) is 24.3 Å². The Hall–Kier alpha value is -2.80. The number of guanidine groups is 1. The highest BCUT2D eigenvalue weighted by Crippen LogP contribution is 2.14. The van der Waals surface area contributed by atoms with Gasteiger partial charge >= 0.3 is 0 Å². The van der Waals surface area contributed by atoms with Crippen LogP contribution in [0.15, 0.2) is 47.6 Å². The summed E-state index contributed by atoms with van der Waals surface area (Å²) < 4.78 is 15.8. The van der Waals surface area contributed by atoms with Crippen molar-refractivity contribution in [1.82, 2.24) is 15.6 Å². The van der Waals surface area contributed by atoms with Crippen LogP contribution in [0.5, 0.6) is 11.6 Å². The third kappa shape index (κ3) is 7.15. The average Bonchev–Trinajstić information content (AvgIpc) is 2.72. The van der Waals surface area contributed by atoms with Crippen molar-refractivity contribution in [2.24, 2.45) is 4.99 Å². The number of nitrogens with one attached hydrogen (secondary N) is 2. The highest BCUT2D eigenvalue weighted by atomic mass is 16.5. The maximum absolute atomic E-state index is 5.65. The molecule has 0 amide bonds. The number of hydrogen-bond acceptors (Lipinski definition) is 5. The first-order valence-electron chi connectivity index (χ1n) is 8.90. The summed E-state index contributed by atoms with van der Waals surface area (Å²) in [6.45, 7) is 2.34. The Morgan fingerprint density at radius 3 is 2.59 bits per heavy atom. The predicted octanol–water partition coefficient (Wildman–Crippen LogP) is 2.02. The van der Waals surface area contributed by atoms with E-state index in [0.717, 1.165) is 30.2 Å². The lowest BCUT2D eigenvalue weighted by Crippen LogP contribution is -2.38. The van der Waals surface area contributed by atoms with Crippen LogP contribution in [0.4, 0.5) is 0 Å². The van der Waals surface area contributed by atoms with Crippen molar-refractivity contribution in [2.75, 3.05) is 41.0 Å². The SMILES string of the molecule is CN=C(NCCc1ccc(OC)cc1)NCc1cccnc1OCCOC. The van der Waals surface area contributed by atoms with Gasteiger partial charge in [0.05, 0.1) is 13.7 Å². The van der Waals surface area contributed by atoms with E-state index in [1.54, 1.807) is 27.5 Å². The lowest BCUT2D eigenvalue weighted by atomic mass is 10.1. The first kappa shape index (κ1) is 20.5. The molecule has 2 N–H and O–H groups in total. The second kappa shape index (κ2) is 11.7. The second-order valence-electron chi connectivity index (χ2n) is 5.76. The molecule has 0 bridgehead atoms. The molecule has 1 heterocycles. The first-order chi connectivity index (χ1) is 13.3. The maximum atomic E-state index is 5.65. The van der Waals surface area contributed by atoms with E-state index in [-0.39, 0.29) is 0 Å². The van der Waals surface area contributed by atoms with Gasteiger partial charge in [-0.1, -0.05) is 18.2 Å². The number of aliphatic imine (C=N–C) groups is 1. The van der Waals surface area contributed by atoms with Crippen LogP contribution < -0.4 is 20.1 Å². The van der Waals surface area contributed by atoms with E-state index in [4.69, 9.17) is 14.2 Å². The highest BCUT2D eigenvalue weighted by Gasteiger charge is 2.06. The molecule has 7 heteroatoms. The zero-order valence-corrected chi connectivity index (χ0v) is 16.2. The molecule has 0 saturated carbocycles. The quantitative estimate of drug-likeness (QED) is 0.378. The molecule has 7 nitrogen and oxygen atoms in total. The van der Waals surface area contributed by atoms with E-state index >= 15 is 0 Å². The van der Waals surface area contributed by atoms with E-state index in [2.05, 4.69) is 32.7 Å². The van der Waals surface area contributed by atoms with E-state index in [0.29, 0.717) is 25.6 Å². The molecule has 0 fully saturated rings. The summed E-state index contributed by atoms with van der Waals surface area (Å²) in [5.74, 6) is 2.20. The minimum atomic E-state index is 0.468. The third-order valence-electron chi connectivity index (χ3n) is 3.91. The summed E-state index contributed by atoms with van der Waals surface area (Å²) in [5.41, 5.74) is 2.20. The van der Waals surface area contributed by atoms with Gasteiger partial charge in [0.15, 0.2) is 5.96 Å². The Bertz CT molecular complexity index is 705. The van der Waals surface area contributed by atoms with Crippen molar-refractivity contribution < 1.29 is 14.2 Å². The number of nitrogens with zero attached hydrogens (tertiary/aromatic N) is 2. The summed E-state index contributed by atoms with van der Waals surface area (Å²) >= 11 is 0. The molecular weight excluding hydrogens is 344 g/mol. The number of ether oxygens (including phenoxy) is 3. The fraction of sp³-hybridized carbons (Fsp3) is 0.400. The molecule has 0 aliphatic rings. The minimum absolute atomic E-state index is 0.468. The van der Waals surface area contributed by atoms with Crippen molar-refractivity contribution in [3.8, 4) is 11.6 Å². The van der Waals surface area contributed by atoms with Gasteiger partial charge in [-0.05, 0) is 30.2 Å². The van der Waals surface area contributed by atoms with E-state index < -0.39 is 0 Å². The maximum Gasteiger partial charge on any atom is 0.218 e. The smallest absolute Gasteiger partial charge is 0.218 e. The minimum Gasteiger partial charge on any atom is -0.497 e. The number of aromatic nitrogens is 1. The number of rotatable bonds is 10. The molecule has 0 spiro atoms. The van der Waals surface area contributed by atoms with Gasteiger partial charge in [0.25, 0.3) is 0 Å². The number of hydrogen-bond donors (Lipinski definition) is 2. The molecule has 0 radical (unpaired) electrons. The number of benzene rings is 1. The summed E-state index contributed by atoms with van der Waals surface area (Å²) in [6, 6.07) is 11.9. The first-order valence-corrected chi connectivity index (χ1v) is 8.90. The predicted molar refractivity (Wildman–Crippen MR) is 107 cm³/mol. The van der Waals surface area contributed by atoms with Crippen LogP contribution in [0.2, 0.25) is 0 Å². The topological polar surface area (TPSA) is 77.0 Å². The second-order valence-corrected chi connectivity index (χ2v) is 5.76. The fourth-order valence-corrected chi connectivity index (χ4v) is 2.43. The summed E-state index contributed by atoms with van der Waals surface area (Å²) in [4.78, 5) is 8.54. The molecule has 1 aromatic heterocycles. The van der Waals surface area contributed by atoms with E-state index in [1.165, 1.54) is 5.56 Å². The number of pyridine rings is 1. The standard InChI is InChI=1S/C20H28N4O3/c1-21-20(23-12-10-16-6-8-18(26-3)9-7-16)24-15-17-5-4-11-22-19(17)27-14-13-25-2/h4-9,11H,10,12-15H2,1-3H3,(H2,21,23,24). The van der Waals surface area contributed by atoms with Crippen LogP contribution in [0, 0.1) is 0 Å². The molecule has 0 saturated heterocycles. The lowest BCUT2D eigenvalue weighted by Gasteiger charge is -2.14. The number of methoxy groups -OCH3 is 2. The van der Waals surface area contributed by atoms with Gasteiger partial charge in [0.1, 0.15) is 12.4 Å². The molecular formula is C20H28N4O3. The molecule has 2 rings (SSSR count). The molecule has 0 atom stereocenters. The van der Waals surface area contributed by atoms with Crippen LogP contribution in [0.1, 0.15) is 11.1 Å². The largest absolute Gasteiger partial charge is 0.497 e. The summed E-state index contributed by atoms with van der Waals surface area (Å²) in [7, 11) is 5.07. The molecule has 0 unspecified atom stereocenters. The lowest BCUT2D eigenvalue weighted by molar-refractivity contribution is 0.143. The van der Waals surface area contributed by atoms with Crippen molar-refractivity contribution in [2.45, 2.75) is 13.0 Å². The zero-order chi connectivity index (χ0) is 19.3. The van der Waals surface area contributed by atoms with Gasteiger partial charge in [0, 0.05) is 39.0 Å². The Morgan fingerprint density at radius 1 is 1.07 bits per heavy atom. The monoisotopic (exact) mass is 372 g/mol. The molecule has 2 aromatic rings. The van der Waals surface area contributed by atoms with Gasteiger partial charge in [0.2, 0.25) is 5.88 Å². The van der Waals surface area contributed by atoms with Crippen LogP contribution in [-0.4, -0.2) is 52.0 Å². The Morgan fingerprint density at radius 2 is 1.89 bits per heavy atom. The van der Waals surface area contributed by atoms with Crippen LogP contribution in [0.3, 0.4) is 0 Å². The van der Waals surface area contributed by atoms with Crippen LogP contribution in [-0.2, 0) is 17.7 Å². The van der Waals surface area contributed by atoms with Crippen molar-refractivity contribution in [1.29, 1.82) is 0 Å². The average molecular weight is 372 g/mol. The molecule has 27 heavy (non-hydrogen) atoms. The normalized spacial score (nSPS) is 11.1. The van der Waals surface area contributed by atoms with Crippen molar-refractivity contribution >= 4 is 5.96 Å². The van der Waals surface area contributed by atoms with Gasteiger partial charge < -0.3 is 24.8 Å². The van der Waals surface area contributed by atoms with E-state index in [9.17, 15) is 0 Å². The Kier molecular flexibility index (Phi) is 8.92. The van der Waals surface area contributed by atoms with Crippen molar-refractivity contribution in [3.05, 3.63) is 53.7 Å². The Balaban J connectivity index is 1.79. The van der Waals surface area contributed by atoms with Gasteiger partial charge in [-0.3, -0.25) is 4.99 Å².